The van der Waals surface area contributed by atoms with E-state index >= 15 is 0 Å². The Morgan fingerprint density at radius 3 is 2.23 bits per heavy atom. The standard InChI is InChI=1S/C21H19F3N4O3/c1-27-19(30)17(18(25)26-20(27)31)28(12-14-5-3-2-4-6-14)16(29)11-13-7-9-15(10-8-13)21(22,23)24/h2-10H,11-12,25H2,1H3,(H,26,31). The minimum atomic E-state index is -4.49. The van der Waals surface area contributed by atoms with E-state index in [-0.39, 0.29) is 24.5 Å². The third kappa shape index (κ3) is 4.85. The molecule has 3 aromatic rings. The molecule has 0 saturated heterocycles. The number of carbonyl (C=O) groups excluding carboxylic acids is 1. The van der Waals surface area contributed by atoms with Gasteiger partial charge >= 0.3 is 11.9 Å². The number of carbonyl (C=O) groups is 1. The summed E-state index contributed by atoms with van der Waals surface area (Å²) in [6, 6.07) is 13.0. The average molecular weight is 432 g/mol. The van der Waals surface area contributed by atoms with Gasteiger partial charge in [-0.2, -0.15) is 13.2 Å². The van der Waals surface area contributed by atoms with Crippen LogP contribution in [-0.2, 0) is 31.0 Å². The maximum atomic E-state index is 13.1. The number of alkyl halides is 3. The predicted molar refractivity (Wildman–Crippen MR) is 109 cm³/mol. The van der Waals surface area contributed by atoms with Crippen molar-refractivity contribution in [1.82, 2.24) is 9.55 Å². The summed E-state index contributed by atoms with van der Waals surface area (Å²) in [6.45, 7) is -0.0220. The van der Waals surface area contributed by atoms with Gasteiger partial charge in [-0.1, -0.05) is 42.5 Å². The van der Waals surface area contributed by atoms with Crippen LogP contribution in [-0.4, -0.2) is 15.5 Å². The number of hydrogen-bond donors (Lipinski definition) is 2. The number of anilines is 2. The van der Waals surface area contributed by atoms with Crippen LogP contribution in [0.4, 0.5) is 24.7 Å². The van der Waals surface area contributed by atoms with Crippen molar-refractivity contribution >= 4 is 17.4 Å². The number of hydrogen-bond acceptors (Lipinski definition) is 4. The quantitative estimate of drug-likeness (QED) is 0.647. The summed E-state index contributed by atoms with van der Waals surface area (Å²) in [7, 11) is 1.24. The fourth-order valence-electron chi connectivity index (χ4n) is 3.02. The van der Waals surface area contributed by atoms with E-state index in [4.69, 9.17) is 5.73 Å². The van der Waals surface area contributed by atoms with Crippen molar-refractivity contribution in [2.75, 3.05) is 10.6 Å². The fourth-order valence-corrected chi connectivity index (χ4v) is 3.02. The number of amides is 1. The number of halogens is 3. The number of H-pyrrole nitrogens is 1. The van der Waals surface area contributed by atoms with E-state index in [9.17, 15) is 27.6 Å². The molecule has 1 heterocycles. The molecule has 0 aliphatic carbocycles. The summed E-state index contributed by atoms with van der Waals surface area (Å²) in [5, 5.41) is 0. The molecule has 0 bridgehead atoms. The van der Waals surface area contributed by atoms with Gasteiger partial charge in [0.2, 0.25) is 5.91 Å². The fraction of sp³-hybridized carbons (Fsp3) is 0.190. The van der Waals surface area contributed by atoms with Gasteiger partial charge in [0.05, 0.1) is 18.5 Å². The number of rotatable bonds is 5. The molecule has 1 amide bonds. The maximum absolute atomic E-state index is 13.1. The second-order valence-electron chi connectivity index (χ2n) is 6.89. The molecule has 3 rings (SSSR count). The molecule has 0 radical (unpaired) electrons. The van der Waals surface area contributed by atoms with Crippen LogP contribution in [0.25, 0.3) is 0 Å². The third-order valence-electron chi connectivity index (χ3n) is 4.70. The molecular weight excluding hydrogens is 413 g/mol. The molecule has 2 aromatic carbocycles. The van der Waals surface area contributed by atoms with Gasteiger partial charge < -0.3 is 5.73 Å². The van der Waals surface area contributed by atoms with Crippen LogP contribution in [0, 0.1) is 0 Å². The van der Waals surface area contributed by atoms with Gasteiger partial charge in [-0.3, -0.25) is 24.0 Å². The molecule has 0 aliphatic heterocycles. The lowest BCUT2D eigenvalue weighted by Gasteiger charge is -2.24. The van der Waals surface area contributed by atoms with Gasteiger partial charge in [0, 0.05) is 7.05 Å². The zero-order valence-corrected chi connectivity index (χ0v) is 16.4. The number of nitrogens with one attached hydrogen (secondary N) is 1. The van der Waals surface area contributed by atoms with Crippen molar-refractivity contribution in [2.45, 2.75) is 19.1 Å². The van der Waals surface area contributed by atoms with E-state index in [1.807, 2.05) is 0 Å². The lowest BCUT2D eigenvalue weighted by molar-refractivity contribution is -0.137. The molecule has 0 unspecified atom stereocenters. The molecule has 31 heavy (non-hydrogen) atoms. The smallest absolute Gasteiger partial charge is 0.383 e. The Hall–Kier alpha value is -3.82. The molecular formula is C21H19F3N4O3. The summed E-state index contributed by atoms with van der Waals surface area (Å²) in [5.74, 6) is -0.843. The van der Waals surface area contributed by atoms with Crippen LogP contribution >= 0.6 is 0 Å². The monoisotopic (exact) mass is 432 g/mol. The highest BCUT2D eigenvalue weighted by Gasteiger charge is 2.30. The van der Waals surface area contributed by atoms with Gasteiger partial charge in [0.15, 0.2) is 5.69 Å². The number of aromatic amines is 1. The van der Waals surface area contributed by atoms with E-state index in [1.54, 1.807) is 30.3 Å². The molecule has 1 aromatic heterocycles. The topological polar surface area (TPSA) is 101 Å². The first-order chi connectivity index (χ1) is 14.6. The van der Waals surface area contributed by atoms with E-state index in [1.165, 1.54) is 19.2 Å². The highest BCUT2D eigenvalue weighted by atomic mass is 19.4. The van der Waals surface area contributed by atoms with Crippen LogP contribution in [0.3, 0.4) is 0 Å². The molecule has 10 heteroatoms. The summed E-state index contributed by atoms with van der Waals surface area (Å²) in [4.78, 5) is 41.1. The van der Waals surface area contributed by atoms with Crippen LogP contribution in [0.1, 0.15) is 16.7 Å². The molecule has 0 saturated carbocycles. The SMILES string of the molecule is Cn1c(=O)[nH]c(N)c(N(Cc2ccccc2)C(=O)Cc2ccc(C(F)(F)F)cc2)c1=O. The Bertz CT molecular complexity index is 1200. The van der Waals surface area contributed by atoms with Crippen molar-refractivity contribution < 1.29 is 18.0 Å². The van der Waals surface area contributed by atoms with E-state index in [0.29, 0.717) is 11.1 Å². The number of aromatic nitrogens is 2. The Labute approximate surface area is 174 Å². The second kappa shape index (κ2) is 8.50. The Morgan fingerprint density at radius 1 is 1.03 bits per heavy atom. The minimum absolute atomic E-state index is 0.0220. The summed E-state index contributed by atoms with van der Waals surface area (Å²) in [6.07, 6.45) is -4.76. The zero-order chi connectivity index (χ0) is 22.8. The van der Waals surface area contributed by atoms with Gasteiger partial charge in [-0.25, -0.2) is 4.79 Å². The second-order valence-corrected chi connectivity index (χ2v) is 6.89. The molecule has 162 valence electrons. The van der Waals surface area contributed by atoms with E-state index in [2.05, 4.69) is 4.98 Å². The summed E-state index contributed by atoms with van der Waals surface area (Å²) < 4.78 is 39.1. The predicted octanol–water partition coefficient (Wildman–Crippen LogP) is 2.45. The average Bonchev–Trinajstić information content (AvgIpc) is 2.72. The first-order valence-electron chi connectivity index (χ1n) is 9.17. The van der Waals surface area contributed by atoms with Crippen molar-refractivity contribution in [2.24, 2.45) is 7.05 Å². The molecule has 0 fully saturated rings. The Morgan fingerprint density at radius 2 is 1.65 bits per heavy atom. The first-order valence-corrected chi connectivity index (χ1v) is 9.17. The largest absolute Gasteiger partial charge is 0.416 e. The molecule has 3 N–H and O–H groups in total. The minimum Gasteiger partial charge on any atom is -0.383 e. The molecule has 0 aliphatic rings. The normalized spacial score (nSPS) is 11.4. The zero-order valence-electron chi connectivity index (χ0n) is 16.4. The summed E-state index contributed by atoms with van der Waals surface area (Å²) >= 11 is 0. The lowest BCUT2D eigenvalue weighted by Crippen LogP contribution is -2.42. The van der Waals surface area contributed by atoms with Gasteiger partial charge in [-0.15, -0.1) is 0 Å². The molecule has 0 atom stereocenters. The maximum Gasteiger partial charge on any atom is 0.416 e. The van der Waals surface area contributed by atoms with Gasteiger partial charge in [-0.05, 0) is 23.3 Å². The van der Waals surface area contributed by atoms with E-state index in [0.717, 1.165) is 21.6 Å². The number of nitrogens with zero attached hydrogens (tertiary/aromatic N) is 2. The third-order valence-corrected chi connectivity index (χ3v) is 4.70. The van der Waals surface area contributed by atoms with E-state index < -0.39 is 28.9 Å². The van der Waals surface area contributed by atoms with Crippen molar-refractivity contribution in [3.8, 4) is 0 Å². The van der Waals surface area contributed by atoms with Gasteiger partial charge in [0.25, 0.3) is 5.56 Å². The van der Waals surface area contributed by atoms with Crippen LogP contribution in [0.2, 0.25) is 0 Å². The Balaban J connectivity index is 1.99. The number of nitrogen functional groups attached to an aromatic ring is 1. The Kier molecular flexibility index (Phi) is 6.00. The highest BCUT2D eigenvalue weighted by Crippen LogP contribution is 2.29. The van der Waals surface area contributed by atoms with Crippen molar-refractivity contribution in [3.05, 3.63) is 92.1 Å². The van der Waals surface area contributed by atoms with Crippen LogP contribution < -0.4 is 21.9 Å². The first kappa shape index (κ1) is 21.9. The molecule has 0 spiro atoms. The van der Waals surface area contributed by atoms with Crippen molar-refractivity contribution in [3.63, 3.8) is 0 Å². The summed E-state index contributed by atoms with van der Waals surface area (Å²) in [5.41, 5.74) is 4.34. The number of nitrogens with two attached hydrogens (primary N) is 1. The highest BCUT2D eigenvalue weighted by molar-refractivity contribution is 5.96. The van der Waals surface area contributed by atoms with Crippen molar-refractivity contribution in [1.29, 1.82) is 0 Å². The van der Waals surface area contributed by atoms with Crippen LogP contribution in [0.15, 0.2) is 64.2 Å². The molecule has 7 nitrogen and oxygen atoms in total. The lowest BCUT2D eigenvalue weighted by atomic mass is 10.1. The van der Waals surface area contributed by atoms with Gasteiger partial charge in [0.1, 0.15) is 5.82 Å². The van der Waals surface area contributed by atoms with Crippen LogP contribution in [0.5, 0.6) is 0 Å². The number of benzene rings is 2.